The molecule has 0 fully saturated rings. The van der Waals surface area contributed by atoms with E-state index in [-0.39, 0.29) is 11.7 Å². The van der Waals surface area contributed by atoms with Gasteiger partial charge in [-0.25, -0.2) is 0 Å². The predicted molar refractivity (Wildman–Crippen MR) is 80.3 cm³/mol. The van der Waals surface area contributed by atoms with Gasteiger partial charge >= 0.3 is 0 Å². The second kappa shape index (κ2) is 8.06. The monoisotopic (exact) mass is 286 g/mol. The maximum atomic E-state index is 12.2. The van der Waals surface area contributed by atoms with Gasteiger partial charge in [-0.15, -0.1) is 0 Å². The number of unbranched alkanes of at least 4 members (excludes halogenated alkanes) is 1. The highest BCUT2D eigenvalue weighted by Gasteiger charge is 2.38. The first-order valence-corrected chi connectivity index (χ1v) is 7.85. The third-order valence-electron chi connectivity index (χ3n) is 3.83. The van der Waals surface area contributed by atoms with Gasteiger partial charge in [0.15, 0.2) is 5.78 Å². The van der Waals surface area contributed by atoms with Crippen LogP contribution in [-0.2, 0) is 9.53 Å². The molecule has 2 nitrogen and oxygen atoms in total. The molecule has 0 aromatic rings. The van der Waals surface area contributed by atoms with Crippen LogP contribution in [0.25, 0.3) is 0 Å². The topological polar surface area (TPSA) is 26.3 Å². The SMILES string of the molecule is CCCC[C@H]1C(C)=C(Cl)C(=O)[C@@H]1CCOCC(C)C. The number of ether oxygens (including phenoxy) is 1. The molecule has 0 aliphatic heterocycles. The quantitative estimate of drug-likeness (QED) is 0.611. The minimum atomic E-state index is 0.0474. The summed E-state index contributed by atoms with van der Waals surface area (Å²) < 4.78 is 5.61. The van der Waals surface area contributed by atoms with Gasteiger partial charge in [-0.2, -0.15) is 0 Å². The minimum Gasteiger partial charge on any atom is -0.381 e. The van der Waals surface area contributed by atoms with Gasteiger partial charge in [-0.3, -0.25) is 4.79 Å². The van der Waals surface area contributed by atoms with Crippen LogP contribution >= 0.6 is 11.6 Å². The number of rotatable bonds is 8. The van der Waals surface area contributed by atoms with Crippen molar-refractivity contribution < 1.29 is 9.53 Å². The Morgan fingerprint density at radius 3 is 2.53 bits per heavy atom. The smallest absolute Gasteiger partial charge is 0.177 e. The van der Waals surface area contributed by atoms with Crippen molar-refractivity contribution in [3.05, 3.63) is 10.6 Å². The second-order valence-corrected chi connectivity index (χ2v) is 6.35. The molecule has 0 saturated carbocycles. The summed E-state index contributed by atoms with van der Waals surface area (Å²) in [6.07, 6.45) is 4.18. The van der Waals surface area contributed by atoms with Crippen molar-refractivity contribution >= 4 is 17.4 Å². The zero-order valence-electron chi connectivity index (χ0n) is 12.7. The van der Waals surface area contributed by atoms with Crippen molar-refractivity contribution in [3.63, 3.8) is 0 Å². The number of hydrogen-bond donors (Lipinski definition) is 0. The van der Waals surface area contributed by atoms with Gasteiger partial charge < -0.3 is 4.74 Å². The zero-order valence-corrected chi connectivity index (χ0v) is 13.4. The van der Waals surface area contributed by atoms with Crippen LogP contribution in [0, 0.1) is 17.8 Å². The van der Waals surface area contributed by atoms with Crippen LogP contribution in [0.2, 0.25) is 0 Å². The van der Waals surface area contributed by atoms with E-state index >= 15 is 0 Å². The summed E-state index contributed by atoms with van der Waals surface area (Å²) in [6.45, 7) is 9.88. The Kier molecular flexibility index (Phi) is 7.09. The van der Waals surface area contributed by atoms with Gasteiger partial charge in [0.2, 0.25) is 0 Å². The Bertz CT molecular complexity index is 334. The first kappa shape index (κ1) is 16.7. The van der Waals surface area contributed by atoms with Crippen LogP contribution in [0.4, 0.5) is 0 Å². The van der Waals surface area contributed by atoms with E-state index in [2.05, 4.69) is 20.8 Å². The number of halogens is 1. The van der Waals surface area contributed by atoms with E-state index in [1.807, 2.05) is 6.92 Å². The maximum absolute atomic E-state index is 12.2. The van der Waals surface area contributed by atoms with Crippen molar-refractivity contribution in [2.45, 2.75) is 53.4 Å². The molecule has 0 aromatic carbocycles. The van der Waals surface area contributed by atoms with Crippen molar-refractivity contribution in [1.82, 2.24) is 0 Å². The largest absolute Gasteiger partial charge is 0.381 e. The lowest BCUT2D eigenvalue weighted by atomic mass is 9.85. The Balaban J connectivity index is 2.52. The van der Waals surface area contributed by atoms with E-state index < -0.39 is 0 Å². The molecule has 0 unspecified atom stereocenters. The van der Waals surface area contributed by atoms with Gasteiger partial charge in [0.25, 0.3) is 0 Å². The van der Waals surface area contributed by atoms with E-state index in [1.54, 1.807) is 0 Å². The van der Waals surface area contributed by atoms with Gasteiger partial charge in [0.1, 0.15) is 0 Å². The van der Waals surface area contributed by atoms with Crippen LogP contribution in [0.5, 0.6) is 0 Å². The molecule has 0 aromatic heterocycles. The Hall–Kier alpha value is -0.340. The lowest BCUT2D eigenvalue weighted by molar-refractivity contribution is -0.119. The molecule has 19 heavy (non-hydrogen) atoms. The highest BCUT2D eigenvalue weighted by atomic mass is 35.5. The van der Waals surface area contributed by atoms with Gasteiger partial charge in [0.05, 0.1) is 5.03 Å². The molecule has 0 saturated heterocycles. The molecule has 1 aliphatic rings. The lowest BCUT2D eigenvalue weighted by Gasteiger charge is -2.20. The molecular weight excluding hydrogens is 260 g/mol. The summed E-state index contributed by atoms with van der Waals surface area (Å²) in [7, 11) is 0. The maximum Gasteiger partial charge on any atom is 0.177 e. The normalized spacial score (nSPS) is 23.8. The number of hydrogen-bond acceptors (Lipinski definition) is 2. The molecule has 0 heterocycles. The highest BCUT2D eigenvalue weighted by molar-refractivity contribution is 6.44. The molecule has 0 bridgehead atoms. The fraction of sp³-hybridized carbons (Fsp3) is 0.812. The Morgan fingerprint density at radius 2 is 1.95 bits per heavy atom. The van der Waals surface area contributed by atoms with Crippen LogP contribution in [-0.4, -0.2) is 19.0 Å². The molecule has 3 heteroatoms. The fourth-order valence-electron chi connectivity index (χ4n) is 2.71. The summed E-state index contributed by atoms with van der Waals surface area (Å²) >= 11 is 6.13. The third-order valence-corrected chi connectivity index (χ3v) is 4.32. The lowest BCUT2D eigenvalue weighted by Crippen LogP contribution is -2.20. The number of carbonyl (C=O) groups is 1. The van der Waals surface area contributed by atoms with Gasteiger partial charge in [-0.05, 0) is 37.2 Å². The third kappa shape index (κ3) is 4.61. The molecule has 110 valence electrons. The van der Waals surface area contributed by atoms with E-state index in [1.165, 1.54) is 0 Å². The molecular formula is C16H27ClO2. The second-order valence-electron chi connectivity index (χ2n) is 5.97. The van der Waals surface area contributed by atoms with E-state index in [0.29, 0.717) is 23.5 Å². The molecule has 0 amide bonds. The van der Waals surface area contributed by atoms with Crippen molar-refractivity contribution in [1.29, 1.82) is 0 Å². The Morgan fingerprint density at radius 1 is 1.26 bits per heavy atom. The van der Waals surface area contributed by atoms with Crippen LogP contribution in [0.15, 0.2) is 10.6 Å². The molecule has 0 spiro atoms. The summed E-state index contributed by atoms with van der Waals surface area (Å²) in [4.78, 5) is 12.2. The summed E-state index contributed by atoms with van der Waals surface area (Å²) in [5.74, 6) is 1.06. The van der Waals surface area contributed by atoms with E-state index in [9.17, 15) is 4.79 Å². The van der Waals surface area contributed by atoms with E-state index in [4.69, 9.17) is 16.3 Å². The average Bonchev–Trinajstić information content (AvgIpc) is 2.57. The average molecular weight is 287 g/mol. The van der Waals surface area contributed by atoms with Gasteiger partial charge in [-0.1, -0.05) is 45.2 Å². The summed E-state index contributed by atoms with van der Waals surface area (Å²) in [6, 6.07) is 0. The number of carbonyl (C=O) groups excluding carboxylic acids is 1. The van der Waals surface area contributed by atoms with Crippen LogP contribution in [0.3, 0.4) is 0 Å². The van der Waals surface area contributed by atoms with Crippen LogP contribution in [0.1, 0.15) is 53.4 Å². The van der Waals surface area contributed by atoms with Crippen molar-refractivity contribution in [2.75, 3.05) is 13.2 Å². The number of ketones is 1. The zero-order chi connectivity index (χ0) is 14.4. The Labute approximate surface area is 122 Å². The van der Waals surface area contributed by atoms with E-state index in [0.717, 1.165) is 37.9 Å². The molecule has 2 atom stereocenters. The highest BCUT2D eigenvalue weighted by Crippen LogP contribution is 2.40. The summed E-state index contributed by atoms with van der Waals surface area (Å²) in [5.41, 5.74) is 1.09. The molecule has 1 rings (SSSR count). The molecule has 1 aliphatic carbocycles. The molecule has 0 N–H and O–H groups in total. The van der Waals surface area contributed by atoms with Crippen LogP contribution < -0.4 is 0 Å². The molecule has 0 radical (unpaired) electrons. The van der Waals surface area contributed by atoms with Crippen molar-refractivity contribution in [2.24, 2.45) is 17.8 Å². The minimum absolute atomic E-state index is 0.0474. The standard InChI is InChI=1S/C16H27ClO2/c1-5-6-7-13-12(4)15(17)16(18)14(13)8-9-19-10-11(2)3/h11,13-14H,5-10H2,1-4H3/t13-,14+/m0/s1. The first-order chi connectivity index (χ1) is 8.99. The number of Topliss-reactive ketones (excluding diaryl/α,β-unsaturated/α-hetero) is 1. The predicted octanol–water partition coefficient (Wildman–Crippen LogP) is 4.57. The summed E-state index contributed by atoms with van der Waals surface area (Å²) in [5, 5.41) is 0.481. The first-order valence-electron chi connectivity index (χ1n) is 7.47. The fourth-order valence-corrected chi connectivity index (χ4v) is 2.99. The van der Waals surface area contributed by atoms with Crippen molar-refractivity contribution in [3.8, 4) is 0 Å². The van der Waals surface area contributed by atoms with Gasteiger partial charge in [0, 0.05) is 19.1 Å². The number of allylic oxidation sites excluding steroid dienone is 2.